The minimum Gasteiger partial charge on any atom is -0.0622 e. The highest BCUT2D eigenvalue weighted by Gasteiger charge is 2.42. The molecule has 0 radical (unpaired) electrons. The molecule has 0 aromatic heterocycles. The normalized spacial score (nSPS) is 15.4. The van der Waals surface area contributed by atoms with Crippen molar-refractivity contribution >= 4 is 0 Å². The third-order valence-corrected chi connectivity index (χ3v) is 5.96. The molecule has 0 N–H and O–H groups in total. The van der Waals surface area contributed by atoms with Gasteiger partial charge in [0.25, 0.3) is 0 Å². The van der Waals surface area contributed by atoms with Gasteiger partial charge in [0.15, 0.2) is 0 Å². The summed E-state index contributed by atoms with van der Waals surface area (Å²) in [5.74, 6) is 0.706. The van der Waals surface area contributed by atoms with E-state index in [9.17, 15) is 0 Å². The molecule has 3 aromatic carbocycles. The van der Waals surface area contributed by atoms with Crippen LogP contribution in [0.5, 0.6) is 0 Å². The summed E-state index contributed by atoms with van der Waals surface area (Å²) in [5.41, 5.74) is 4.44. The van der Waals surface area contributed by atoms with E-state index in [1.54, 1.807) is 0 Å². The van der Waals surface area contributed by atoms with Crippen molar-refractivity contribution in [2.45, 2.75) is 37.5 Å². The zero-order valence-electron chi connectivity index (χ0n) is 14.8. The lowest BCUT2D eigenvalue weighted by molar-refractivity contribution is 0.322. The van der Waals surface area contributed by atoms with E-state index in [2.05, 4.69) is 91.0 Å². The maximum Gasteiger partial charge on any atom is 0.0271 e. The van der Waals surface area contributed by atoms with Gasteiger partial charge in [-0.1, -0.05) is 104 Å². The summed E-state index contributed by atoms with van der Waals surface area (Å²) in [5, 5.41) is 0. The summed E-state index contributed by atoms with van der Waals surface area (Å²) in [7, 11) is 0. The van der Waals surface area contributed by atoms with Crippen LogP contribution in [0, 0.1) is 5.92 Å². The Kier molecular flexibility index (Phi) is 4.70. The van der Waals surface area contributed by atoms with E-state index in [1.165, 1.54) is 42.4 Å². The minimum atomic E-state index is 0.0698. The summed E-state index contributed by atoms with van der Waals surface area (Å²) in [4.78, 5) is 0. The molecule has 0 nitrogen and oxygen atoms in total. The summed E-state index contributed by atoms with van der Waals surface area (Å²) in [6, 6.07) is 33.5. The Bertz CT molecular complexity index is 729. The summed E-state index contributed by atoms with van der Waals surface area (Å²) < 4.78 is 0. The van der Waals surface area contributed by atoms with Gasteiger partial charge in [0.05, 0.1) is 0 Å². The first kappa shape index (κ1) is 16.1. The first-order chi connectivity index (χ1) is 12.4. The fraction of sp³-hybridized carbons (Fsp3) is 0.280. The van der Waals surface area contributed by atoms with Gasteiger partial charge in [0.1, 0.15) is 0 Å². The topological polar surface area (TPSA) is 0 Å². The highest BCUT2D eigenvalue weighted by molar-refractivity contribution is 5.43. The zero-order valence-corrected chi connectivity index (χ0v) is 14.8. The molecule has 0 unspecified atom stereocenters. The van der Waals surface area contributed by atoms with Crippen molar-refractivity contribution in [3.63, 3.8) is 0 Å². The molecule has 0 aliphatic heterocycles. The molecule has 1 aliphatic rings. The van der Waals surface area contributed by atoms with Gasteiger partial charge >= 0.3 is 0 Å². The average molecular weight is 326 g/mol. The molecule has 0 spiro atoms. The molecule has 4 rings (SSSR count). The Morgan fingerprint density at radius 3 is 1.52 bits per heavy atom. The number of hydrogen-bond acceptors (Lipinski definition) is 0. The smallest absolute Gasteiger partial charge is 0.0271 e. The molecule has 0 atom stereocenters. The first-order valence-electron chi connectivity index (χ1n) is 9.54. The lowest BCUT2D eigenvalue weighted by atomic mass is 9.62. The predicted molar refractivity (Wildman–Crippen MR) is 106 cm³/mol. The Morgan fingerprint density at radius 2 is 1.04 bits per heavy atom. The molecule has 1 saturated carbocycles. The largest absolute Gasteiger partial charge is 0.0622 e. The molecule has 0 amide bonds. The van der Waals surface area contributed by atoms with Crippen molar-refractivity contribution in [2.75, 3.05) is 0 Å². The first-order valence-corrected chi connectivity index (χ1v) is 9.54. The van der Waals surface area contributed by atoms with E-state index in [0.29, 0.717) is 5.92 Å². The second-order valence-electron chi connectivity index (χ2n) is 7.35. The van der Waals surface area contributed by atoms with Gasteiger partial charge in [-0.3, -0.25) is 0 Å². The van der Waals surface area contributed by atoms with Crippen LogP contribution in [-0.2, 0) is 11.8 Å². The lowest BCUT2D eigenvalue weighted by Gasteiger charge is -2.41. The SMILES string of the molecule is c1ccc(CC(c2ccccc2)(c2ccccc2)C2CCCC2)cc1. The number of hydrogen-bond donors (Lipinski definition) is 0. The van der Waals surface area contributed by atoms with Crippen LogP contribution in [0.1, 0.15) is 42.4 Å². The molecule has 1 fully saturated rings. The van der Waals surface area contributed by atoms with Gasteiger partial charge < -0.3 is 0 Å². The van der Waals surface area contributed by atoms with Gasteiger partial charge in [-0.25, -0.2) is 0 Å². The molecule has 0 heteroatoms. The van der Waals surface area contributed by atoms with Crippen LogP contribution in [-0.4, -0.2) is 0 Å². The van der Waals surface area contributed by atoms with E-state index in [1.807, 2.05) is 0 Å². The van der Waals surface area contributed by atoms with Crippen molar-refractivity contribution in [3.05, 3.63) is 108 Å². The molecule has 126 valence electrons. The van der Waals surface area contributed by atoms with Crippen LogP contribution in [0.3, 0.4) is 0 Å². The molecule has 0 saturated heterocycles. The van der Waals surface area contributed by atoms with E-state index in [0.717, 1.165) is 6.42 Å². The van der Waals surface area contributed by atoms with Crippen LogP contribution < -0.4 is 0 Å². The van der Waals surface area contributed by atoms with Crippen LogP contribution in [0.4, 0.5) is 0 Å². The minimum absolute atomic E-state index is 0.0698. The fourth-order valence-corrected chi connectivity index (χ4v) is 4.79. The molecule has 0 bridgehead atoms. The molecule has 0 heterocycles. The van der Waals surface area contributed by atoms with Gasteiger partial charge in [-0.05, 0) is 41.9 Å². The van der Waals surface area contributed by atoms with Crippen LogP contribution >= 0.6 is 0 Å². The Morgan fingerprint density at radius 1 is 0.600 bits per heavy atom. The maximum atomic E-state index is 2.34. The van der Waals surface area contributed by atoms with Crippen molar-refractivity contribution in [3.8, 4) is 0 Å². The zero-order chi connectivity index (χ0) is 17.0. The van der Waals surface area contributed by atoms with Crippen LogP contribution in [0.15, 0.2) is 91.0 Å². The molecular formula is C25H26. The van der Waals surface area contributed by atoms with Crippen molar-refractivity contribution in [2.24, 2.45) is 5.92 Å². The third kappa shape index (κ3) is 3.14. The fourth-order valence-electron chi connectivity index (χ4n) is 4.79. The number of benzene rings is 3. The lowest BCUT2D eigenvalue weighted by Crippen LogP contribution is -2.37. The van der Waals surface area contributed by atoms with E-state index >= 15 is 0 Å². The second-order valence-corrected chi connectivity index (χ2v) is 7.35. The van der Waals surface area contributed by atoms with Gasteiger partial charge in [0.2, 0.25) is 0 Å². The Hall–Kier alpha value is -2.34. The van der Waals surface area contributed by atoms with Gasteiger partial charge in [-0.2, -0.15) is 0 Å². The monoisotopic (exact) mass is 326 g/mol. The van der Waals surface area contributed by atoms with Crippen molar-refractivity contribution in [1.82, 2.24) is 0 Å². The predicted octanol–water partition coefficient (Wildman–Crippen LogP) is 6.41. The molecule has 3 aromatic rings. The highest BCUT2D eigenvalue weighted by Crippen LogP contribution is 2.48. The van der Waals surface area contributed by atoms with E-state index < -0.39 is 0 Å². The quantitative estimate of drug-likeness (QED) is 0.508. The third-order valence-electron chi connectivity index (χ3n) is 5.96. The van der Waals surface area contributed by atoms with Crippen LogP contribution in [0.2, 0.25) is 0 Å². The molecule has 25 heavy (non-hydrogen) atoms. The Labute approximate surface area is 151 Å². The van der Waals surface area contributed by atoms with Crippen LogP contribution in [0.25, 0.3) is 0 Å². The Balaban J connectivity index is 1.91. The highest BCUT2D eigenvalue weighted by atomic mass is 14.5. The van der Waals surface area contributed by atoms with Gasteiger partial charge in [0, 0.05) is 5.41 Å². The summed E-state index contributed by atoms with van der Waals surface area (Å²) in [6.45, 7) is 0. The number of rotatable bonds is 5. The van der Waals surface area contributed by atoms with Crippen molar-refractivity contribution < 1.29 is 0 Å². The maximum absolute atomic E-state index is 2.34. The average Bonchev–Trinajstić information content (AvgIpc) is 3.23. The standard InChI is InChI=1S/C25H26/c1-4-12-21(13-5-1)20-25(24-18-10-11-19-24,22-14-6-2-7-15-22)23-16-8-3-9-17-23/h1-9,12-17,24H,10-11,18-20H2. The van der Waals surface area contributed by atoms with E-state index in [4.69, 9.17) is 0 Å². The molecular weight excluding hydrogens is 300 g/mol. The van der Waals surface area contributed by atoms with Gasteiger partial charge in [-0.15, -0.1) is 0 Å². The van der Waals surface area contributed by atoms with Crippen molar-refractivity contribution in [1.29, 1.82) is 0 Å². The second kappa shape index (κ2) is 7.27. The molecule has 1 aliphatic carbocycles. The summed E-state index contributed by atoms with van der Waals surface area (Å²) in [6.07, 6.45) is 6.46. The van der Waals surface area contributed by atoms with E-state index in [-0.39, 0.29) is 5.41 Å². The summed E-state index contributed by atoms with van der Waals surface area (Å²) >= 11 is 0.